The lowest BCUT2D eigenvalue weighted by Gasteiger charge is -2.22. The van der Waals surface area contributed by atoms with E-state index >= 15 is 0 Å². The van der Waals surface area contributed by atoms with Gasteiger partial charge in [-0.3, -0.25) is 24.5 Å². The fourth-order valence-electron chi connectivity index (χ4n) is 2.11. The number of amides is 2. The van der Waals surface area contributed by atoms with Gasteiger partial charge in [-0.25, -0.2) is 0 Å². The Bertz CT molecular complexity index is 647. The van der Waals surface area contributed by atoms with Crippen molar-refractivity contribution < 1.29 is 24.0 Å². The maximum atomic E-state index is 12.6. The zero-order chi connectivity index (χ0) is 18.8. The van der Waals surface area contributed by atoms with Crippen LogP contribution in [-0.2, 0) is 14.3 Å². The molecular formula is C16H21N3O6. The van der Waals surface area contributed by atoms with E-state index in [1.54, 1.807) is 0 Å². The van der Waals surface area contributed by atoms with Crippen LogP contribution in [0.5, 0.6) is 0 Å². The Hall–Kier alpha value is -2.97. The van der Waals surface area contributed by atoms with Crippen LogP contribution in [0.1, 0.15) is 30.1 Å². The molecule has 9 heteroatoms. The van der Waals surface area contributed by atoms with E-state index in [-0.39, 0.29) is 30.1 Å². The maximum absolute atomic E-state index is 12.6. The largest absolute Gasteiger partial charge is 0.469 e. The van der Waals surface area contributed by atoms with Gasteiger partial charge in [-0.05, 0) is 12.5 Å². The van der Waals surface area contributed by atoms with E-state index in [9.17, 15) is 24.5 Å². The molecule has 0 aliphatic heterocycles. The highest BCUT2D eigenvalue weighted by Crippen LogP contribution is 2.15. The second-order valence-electron chi connectivity index (χ2n) is 5.26. The van der Waals surface area contributed by atoms with Crippen LogP contribution in [0.4, 0.5) is 5.69 Å². The summed E-state index contributed by atoms with van der Waals surface area (Å²) >= 11 is 0. The summed E-state index contributed by atoms with van der Waals surface area (Å²) in [5.74, 6) is -1.06. The molecule has 136 valence electrons. The summed E-state index contributed by atoms with van der Waals surface area (Å²) in [5.41, 5.74) is -0.0180. The zero-order valence-electron chi connectivity index (χ0n) is 14.2. The number of hydrogen-bond acceptors (Lipinski definition) is 6. The minimum atomic E-state index is -0.577. The number of nitrogens with zero attached hydrogens (tertiary/aromatic N) is 2. The minimum absolute atomic E-state index is 0.0112. The van der Waals surface area contributed by atoms with Gasteiger partial charge in [0.05, 0.1) is 18.5 Å². The molecule has 0 aliphatic rings. The molecule has 1 rings (SSSR count). The molecular weight excluding hydrogens is 330 g/mol. The molecule has 0 spiro atoms. The number of non-ortho nitro benzene ring substituents is 1. The molecule has 1 N–H and O–H groups in total. The first-order valence-electron chi connectivity index (χ1n) is 7.70. The lowest BCUT2D eigenvalue weighted by molar-refractivity contribution is -0.384. The number of nitro groups is 1. The monoisotopic (exact) mass is 351 g/mol. The molecule has 1 aromatic carbocycles. The predicted octanol–water partition coefficient (Wildman–Crippen LogP) is 1.13. The highest BCUT2D eigenvalue weighted by molar-refractivity contribution is 5.95. The average molecular weight is 351 g/mol. The third kappa shape index (κ3) is 6.98. The van der Waals surface area contributed by atoms with Gasteiger partial charge >= 0.3 is 5.97 Å². The molecule has 0 aliphatic carbocycles. The first-order chi connectivity index (χ1) is 11.8. The summed E-state index contributed by atoms with van der Waals surface area (Å²) in [6, 6.07) is 5.41. The van der Waals surface area contributed by atoms with Crippen LogP contribution in [0.15, 0.2) is 24.3 Å². The first-order valence-corrected chi connectivity index (χ1v) is 7.70. The van der Waals surface area contributed by atoms with Crippen LogP contribution < -0.4 is 5.32 Å². The summed E-state index contributed by atoms with van der Waals surface area (Å²) < 4.78 is 4.57. The van der Waals surface area contributed by atoms with E-state index in [4.69, 9.17) is 0 Å². The van der Waals surface area contributed by atoms with Gasteiger partial charge in [-0.1, -0.05) is 6.07 Å². The predicted molar refractivity (Wildman–Crippen MR) is 88.9 cm³/mol. The van der Waals surface area contributed by atoms with Gasteiger partial charge in [0.2, 0.25) is 5.91 Å². The third-order valence-corrected chi connectivity index (χ3v) is 3.38. The summed E-state index contributed by atoms with van der Waals surface area (Å²) in [7, 11) is 1.26. The van der Waals surface area contributed by atoms with Gasteiger partial charge in [-0.15, -0.1) is 0 Å². The summed E-state index contributed by atoms with van der Waals surface area (Å²) in [6.45, 7) is 2.18. The van der Waals surface area contributed by atoms with E-state index in [0.717, 1.165) is 0 Å². The van der Waals surface area contributed by atoms with Crippen molar-refractivity contribution in [2.75, 3.05) is 26.7 Å². The molecule has 0 aromatic heterocycles. The molecule has 1 aromatic rings. The summed E-state index contributed by atoms with van der Waals surface area (Å²) in [5, 5.41) is 13.5. The van der Waals surface area contributed by atoms with Crippen LogP contribution in [0.25, 0.3) is 0 Å². The Morgan fingerprint density at radius 1 is 1.28 bits per heavy atom. The molecule has 2 amide bonds. The Kier molecular flexibility index (Phi) is 8.04. The fraction of sp³-hybridized carbons (Fsp3) is 0.438. The van der Waals surface area contributed by atoms with Crippen molar-refractivity contribution in [3.05, 3.63) is 39.9 Å². The molecule has 0 saturated carbocycles. The van der Waals surface area contributed by atoms with Crippen molar-refractivity contribution in [3.8, 4) is 0 Å². The van der Waals surface area contributed by atoms with Gasteiger partial charge in [0.25, 0.3) is 11.6 Å². The van der Waals surface area contributed by atoms with Crippen molar-refractivity contribution in [2.45, 2.75) is 19.8 Å². The lowest BCUT2D eigenvalue weighted by Crippen LogP contribution is -2.35. The quantitative estimate of drug-likeness (QED) is 0.308. The van der Waals surface area contributed by atoms with Gasteiger partial charge < -0.3 is 15.0 Å². The van der Waals surface area contributed by atoms with Crippen molar-refractivity contribution >= 4 is 23.5 Å². The highest BCUT2D eigenvalue weighted by atomic mass is 16.6. The molecule has 0 atom stereocenters. The molecule has 0 bridgehead atoms. The van der Waals surface area contributed by atoms with Crippen LogP contribution >= 0.6 is 0 Å². The SMILES string of the molecule is COC(=O)CCN(CCCNC(C)=O)C(=O)c1cccc([N+](=O)[O-])c1. The van der Waals surface area contributed by atoms with Crippen LogP contribution in [0.2, 0.25) is 0 Å². The van der Waals surface area contributed by atoms with Gasteiger partial charge in [-0.2, -0.15) is 0 Å². The number of benzene rings is 1. The summed E-state index contributed by atoms with van der Waals surface area (Å²) in [4.78, 5) is 46.5. The number of rotatable bonds is 9. The molecule has 0 fully saturated rings. The van der Waals surface area contributed by atoms with Crippen LogP contribution in [0.3, 0.4) is 0 Å². The maximum Gasteiger partial charge on any atom is 0.307 e. The zero-order valence-corrected chi connectivity index (χ0v) is 14.2. The Labute approximate surface area is 145 Å². The van der Waals surface area contributed by atoms with E-state index in [1.165, 1.54) is 43.2 Å². The van der Waals surface area contributed by atoms with E-state index in [0.29, 0.717) is 19.5 Å². The topological polar surface area (TPSA) is 119 Å². The fourth-order valence-corrected chi connectivity index (χ4v) is 2.11. The number of carbonyl (C=O) groups excluding carboxylic acids is 3. The molecule has 0 radical (unpaired) electrons. The number of hydrogen-bond donors (Lipinski definition) is 1. The lowest BCUT2D eigenvalue weighted by atomic mass is 10.1. The number of methoxy groups -OCH3 is 1. The standard InChI is InChI=1S/C16H21N3O6/c1-12(20)17-8-4-9-18(10-7-15(21)25-2)16(22)13-5-3-6-14(11-13)19(23)24/h3,5-6,11H,4,7-10H2,1-2H3,(H,17,20). The van der Waals surface area contributed by atoms with E-state index < -0.39 is 16.8 Å². The smallest absolute Gasteiger partial charge is 0.307 e. The molecule has 0 unspecified atom stereocenters. The van der Waals surface area contributed by atoms with E-state index in [1.807, 2.05) is 0 Å². The second-order valence-corrected chi connectivity index (χ2v) is 5.26. The number of ether oxygens (including phenoxy) is 1. The molecule has 9 nitrogen and oxygen atoms in total. The van der Waals surface area contributed by atoms with Crippen LogP contribution in [0, 0.1) is 10.1 Å². The van der Waals surface area contributed by atoms with Gasteiger partial charge in [0.15, 0.2) is 0 Å². The van der Waals surface area contributed by atoms with Crippen molar-refractivity contribution in [1.29, 1.82) is 0 Å². The second kappa shape index (κ2) is 10.0. The number of nitro benzene ring substituents is 1. The van der Waals surface area contributed by atoms with Crippen molar-refractivity contribution in [1.82, 2.24) is 10.2 Å². The third-order valence-electron chi connectivity index (χ3n) is 3.38. The number of nitrogens with one attached hydrogen (secondary N) is 1. The Morgan fingerprint density at radius 3 is 2.60 bits per heavy atom. The molecule has 25 heavy (non-hydrogen) atoms. The molecule has 0 heterocycles. The van der Waals surface area contributed by atoms with Crippen LogP contribution in [-0.4, -0.2) is 54.4 Å². The van der Waals surface area contributed by atoms with Gasteiger partial charge in [0, 0.05) is 44.3 Å². The highest BCUT2D eigenvalue weighted by Gasteiger charge is 2.19. The van der Waals surface area contributed by atoms with Crippen molar-refractivity contribution in [3.63, 3.8) is 0 Å². The minimum Gasteiger partial charge on any atom is -0.469 e. The summed E-state index contributed by atoms with van der Waals surface area (Å²) in [6.07, 6.45) is 0.499. The van der Waals surface area contributed by atoms with Crippen molar-refractivity contribution in [2.24, 2.45) is 0 Å². The molecule has 0 saturated heterocycles. The number of esters is 1. The van der Waals surface area contributed by atoms with Gasteiger partial charge in [0.1, 0.15) is 0 Å². The first kappa shape index (κ1) is 20.1. The average Bonchev–Trinajstić information content (AvgIpc) is 2.60. The number of carbonyl (C=O) groups is 3. The Morgan fingerprint density at radius 2 is 2.00 bits per heavy atom. The van der Waals surface area contributed by atoms with E-state index in [2.05, 4.69) is 10.1 Å². The normalized spacial score (nSPS) is 10.0. The Balaban J connectivity index is 2.82.